The minimum Gasteiger partial charge on any atom is -0.126 e. The van der Waals surface area contributed by atoms with Gasteiger partial charge in [-0.15, -0.1) is 11.8 Å². The number of aryl methyl sites for hydroxylation is 2. The van der Waals surface area contributed by atoms with E-state index < -0.39 is 0 Å². The summed E-state index contributed by atoms with van der Waals surface area (Å²) in [5.41, 5.74) is 2.92. The molecule has 0 amide bonds. The molecule has 2 aromatic rings. The van der Waals surface area contributed by atoms with Crippen LogP contribution in [0.1, 0.15) is 30.9 Å². The summed E-state index contributed by atoms with van der Waals surface area (Å²) in [4.78, 5) is 1.36. The molecular formula is C18H22S. The van der Waals surface area contributed by atoms with E-state index in [0.29, 0.717) is 0 Å². The lowest BCUT2D eigenvalue weighted by Crippen LogP contribution is -1.90. The lowest BCUT2D eigenvalue weighted by molar-refractivity contribution is 0.794. The normalized spacial score (nSPS) is 10.6. The fourth-order valence-corrected chi connectivity index (χ4v) is 2.98. The fraction of sp³-hybridized carbons (Fsp3) is 0.333. The maximum atomic E-state index is 2.29. The molecule has 0 unspecified atom stereocenters. The SMILES string of the molecule is CCCCc1ccc(CCSc2ccccc2)cc1. The van der Waals surface area contributed by atoms with Gasteiger partial charge in [-0.2, -0.15) is 0 Å². The van der Waals surface area contributed by atoms with E-state index in [2.05, 4.69) is 61.5 Å². The highest BCUT2D eigenvalue weighted by Gasteiger charge is 1.97. The van der Waals surface area contributed by atoms with Gasteiger partial charge in [-0.05, 0) is 42.5 Å². The molecule has 0 nitrogen and oxygen atoms in total. The van der Waals surface area contributed by atoms with E-state index in [4.69, 9.17) is 0 Å². The van der Waals surface area contributed by atoms with Gasteiger partial charge in [0.05, 0.1) is 0 Å². The Hall–Kier alpha value is -1.21. The van der Waals surface area contributed by atoms with E-state index in [9.17, 15) is 0 Å². The average molecular weight is 270 g/mol. The molecule has 0 aliphatic heterocycles. The van der Waals surface area contributed by atoms with Gasteiger partial charge in [0.15, 0.2) is 0 Å². The number of rotatable bonds is 7. The molecule has 0 N–H and O–H groups in total. The predicted octanol–water partition coefficient (Wildman–Crippen LogP) is 5.36. The van der Waals surface area contributed by atoms with E-state index >= 15 is 0 Å². The van der Waals surface area contributed by atoms with Crippen LogP contribution in [0.2, 0.25) is 0 Å². The van der Waals surface area contributed by atoms with Crippen molar-refractivity contribution >= 4 is 11.8 Å². The third-order valence-corrected chi connectivity index (χ3v) is 4.26. The average Bonchev–Trinajstić information content (AvgIpc) is 2.47. The zero-order valence-electron chi connectivity index (χ0n) is 11.6. The predicted molar refractivity (Wildman–Crippen MR) is 85.9 cm³/mol. The van der Waals surface area contributed by atoms with Crippen LogP contribution >= 0.6 is 11.8 Å². The van der Waals surface area contributed by atoms with E-state index in [1.807, 2.05) is 11.8 Å². The molecule has 2 aromatic carbocycles. The first kappa shape index (κ1) is 14.2. The summed E-state index contributed by atoms with van der Waals surface area (Å²) < 4.78 is 0. The molecule has 100 valence electrons. The lowest BCUT2D eigenvalue weighted by Gasteiger charge is -2.04. The van der Waals surface area contributed by atoms with Crippen molar-refractivity contribution < 1.29 is 0 Å². The quantitative estimate of drug-likeness (QED) is 0.610. The molecule has 2 rings (SSSR count). The van der Waals surface area contributed by atoms with Crippen LogP contribution in [-0.2, 0) is 12.8 Å². The molecule has 0 spiro atoms. The maximum Gasteiger partial charge on any atom is 0.00720 e. The Labute approximate surface area is 121 Å². The molecule has 0 atom stereocenters. The van der Waals surface area contributed by atoms with Gasteiger partial charge in [-0.1, -0.05) is 55.8 Å². The Kier molecular flexibility index (Phi) is 6.03. The standard InChI is InChI=1S/C18H22S/c1-2-3-7-16-10-12-17(13-11-16)14-15-19-18-8-5-4-6-9-18/h4-6,8-13H,2-3,7,14-15H2,1H3. The smallest absolute Gasteiger partial charge is 0.00720 e. The van der Waals surface area contributed by atoms with Crippen molar-refractivity contribution in [2.45, 2.75) is 37.5 Å². The molecule has 1 heteroatoms. The second kappa shape index (κ2) is 8.06. The summed E-state index contributed by atoms with van der Waals surface area (Å²) in [5, 5.41) is 0. The van der Waals surface area contributed by atoms with Gasteiger partial charge in [0.2, 0.25) is 0 Å². The van der Waals surface area contributed by atoms with E-state index in [1.54, 1.807) is 0 Å². The summed E-state index contributed by atoms with van der Waals surface area (Å²) >= 11 is 1.93. The summed E-state index contributed by atoms with van der Waals surface area (Å²) in [6.45, 7) is 2.25. The highest BCUT2D eigenvalue weighted by Crippen LogP contribution is 2.18. The van der Waals surface area contributed by atoms with Crippen LogP contribution in [0.15, 0.2) is 59.5 Å². The van der Waals surface area contributed by atoms with Crippen molar-refractivity contribution in [3.63, 3.8) is 0 Å². The zero-order valence-corrected chi connectivity index (χ0v) is 12.5. The van der Waals surface area contributed by atoms with Crippen molar-refractivity contribution in [3.05, 3.63) is 65.7 Å². The number of benzene rings is 2. The first-order valence-electron chi connectivity index (χ1n) is 7.14. The van der Waals surface area contributed by atoms with Crippen LogP contribution in [0.4, 0.5) is 0 Å². The summed E-state index contributed by atoms with van der Waals surface area (Å²) in [6.07, 6.45) is 4.93. The molecule has 19 heavy (non-hydrogen) atoms. The topological polar surface area (TPSA) is 0 Å². The van der Waals surface area contributed by atoms with Crippen molar-refractivity contribution in [1.82, 2.24) is 0 Å². The first-order chi connectivity index (χ1) is 9.38. The van der Waals surface area contributed by atoms with Gasteiger partial charge in [0, 0.05) is 10.6 Å². The maximum absolute atomic E-state index is 2.29. The zero-order chi connectivity index (χ0) is 13.3. The first-order valence-corrected chi connectivity index (χ1v) is 8.12. The molecule has 0 radical (unpaired) electrons. The Bertz CT molecular complexity index is 459. The molecule has 0 saturated carbocycles. The fourth-order valence-electron chi connectivity index (χ4n) is 2.06. The van der Waals surface area contributed by atoms with Crippen LogP contribution in [0, 0.1) is 0 Å². The Morgan fingerprint density at radius 2 is 1.42 bits per heavy atom. The third kappa shape index (κ3) is 5.12. The minimum atomic E-state index is 1.15. The van der Waals surface area contributed by atoms with E-state index in [-0.39, 0.29) is 0 Å². The van der Waals surface area contributed by atoms with Gasteiger partial charge in [-0.25, -0.2) is 0 Å². The van der Waals surface area contributed by atoms with Gasteiger partial charge < -0.3 is 0 Å². The molecule has 0 saturated heterocycles. The van der Waals surface area contributed by atoms with E-state index in [0.717, 1.165) is 12.2 Å². The van der Waals surface area contributed by atoms with Crippen LogP contribution in [-0.4, -0.2) is 5.75 Å². The highest BCUT2D eigenvalue weighted by atomic mass is 32.2. The van der Waals surface area contributed by atoms with Gasteiger partial charge in [-0.3, -0.25) is 0 Å². The Morgan fingerprint density at radius 1 is 0.789 bits per heavy atom. The molecule has 0 heterocycles. The highest BCUT2D eigenvalue weighted by molar-refractivity contribution is 7.99. The lowest BCUT2D eigenvalue weighted by atomic mass is 10.1. The summed E-state index contributed by atoms with van der Waals surface area (Å²) in [5.74, 6) is 1.15. The second-order valence-electron chi connectivity index (χ2n) is 4.83. The minimum absolute atomic E-state index is 1.15. The molecule has 0 bridgehead atoms. The van der Waals surface area contributed by atoms with Crippen LogP contribution in [0.3, 0.4) is 0 Å². The number of hydrogen-bond donors (Lipinski definition) is 0. The number of thioether (sulfide) groups is 1. The summed E-state index contributed by atoms with van der Waals surface area (Å²) in [7, 11) is 0. The second-order valence-corrected chi connectivity index (χ2v) is 6.00. The van der Waals surface area contributed by atoms with Gasteiger partial charge in [0.25, 0.3) is 0 Å². The van der Waals surface area contributed by atoms with Crippen molar-refractivity contribution in [2.24, 2.45) is 0 Å². The van der Waals surface area contributed by atoms with Crippen LogP contribution < -0.4 is 0 Å². The summed E-state index contributed by atoms with van der Waals surface area (Å²) in [6, 6.07) is 19.8. The van der Waals surface area contributed by atoms with Gasteiger partial charge >= 0.3 is 0 Å². The largest absolute Gasteiger partial charge is 0.126 e. The van der Waals surface area contributed by atoms with Gasteiger partial charge in [0.1, 0.15) is 0 Å². The molecular weight excluding hydrogens is 248 g/mol. The Balaban J connectivity index is 1.77. The van der Waals surface area contributed by atoms with Crippen molar-refractivity contribution in [2.75, 3.05) is 5.75 Å². The monoisotopic (exact) mass is 270 g/mol. The Morgan fingerprint density at radius 3 is 2.05 bits per heavy atom. The number of hydrogen-bond acceptors (Lipinski definition) is 1. The van der Waals surface area contributed by atoms with Crippen LogP contribution in [0.25, 0.3) is 0 Å². The molecule has 0 aliphatic rings. The van der Waals surface area contributed by atoms with Crippen molar-refractivity contribution in [1.29, 1.82) is 0 Å². The molecule has 0 aliphatic carbocycles. The molecule has 0 aromatic heterocycles. The third-order valence-electron chi connectivity index (χ3n) is 3.24. The van der Waals surface area contributed by atoms with Crippen molar-refractivity contribution in [3.8, 4) is 0 Å². The van der Waals surface area contributed by atoms with E-state index in [1.165, 1.54) is 35.3 Å². The number of unbranched alkanes of at least 4 members (excludes halogenated alkanes) is 1. The van der Waals surface area contributed by atoms with Crippen LogP contribution in [0.5, 0.6) is 0 Å². The molecule has 0 fully saturated rings.